The zero-order valence-electron chi connectivity index (χ0n) is 11.6. The number of aromatic carboxylic acids is 1. The van der Waals surface area contributed by atoms with Crippen LogP contribution in [-0.4, -0.2) is 21.2 Å². The number of carbonyl (C=O) groups is 1. The van der Waals surface area contributed by atoms with Gasteiger partial charge in [-0.05, 0) is 36.8 Å². The second-order valence-corrected chi connectivity index (χ2v) is 4.79. The molecule has 3 aromatic rings. The molecule has 5 nitrogen and oxygen atoms in total. The summed E-state index contributed by atoms with van der Waals surface area (Å²) in [5, 5.41) is 12.7. The second-order valence-electron chi connectivity index (χ2n) is 4.79. The molecule has 0 atom stereocenters. The fourth-order valence-corrected chi connectivity index (χ4v) is 2.01. The predicted molar refractivity (Wildman–Crippen MR) is 76.8 cm³/mol. The highest BCUT2D eigenvalue weighted by atomic mass is 19.1. The average Bonchev–Trinajstić information content (AvgIpc) is 2.97. The van der Waals surface area contributed by atoms with Gasteiger partial charge in [0.05, 0.1) is 11.1 Å². The molecule has 110 valence electrons. The molecule has 1 heterocycles. The number of carboxylic acids is 1. The third-order valence-electron chi connectivity index (χ3n) is 3.17. The van der Waals surface area contributed by atoms with Gasteiger partial charge in [-0.2, -0.15) is 4.98 Å². The molecule has 6 heteroatoms. The minimum atomic E-state index is -1.01. The lowest BCUT2D eigenvalue weighted by Gasteiger charge is -1.98. The van der Waals surface area contributed by atoms with Gasteiger partial charge >= 0.3 is 5.97 Å². The Morgan fingerprint density at radius 2 is 1.91 bits per heavy atom. The van der Waals surface area contributed by atoms with Crippen LogP contribution in [-0.2, 0) is 0 Å². The minimum absolute atomic E-state index is 0.0785. The maximum Gasteiger partial charge on any atom is 0.335 e. The molecule has 0 fully saturated rings. The predicted octanol–water partition coefficient (Wildman–Crippen LogP) is 3.55. The summed E-state index contributed by atoms with van der Waals surface area (Å²) in [7, 11) is 0. The van der Waals surface area contributed by atoms with E-state index in [0.29, 0.717) is 5.56 Å². The van der Waals surface area contributed by atoms with Crippen LogP contribution in [0.15, 0.2) is 47.0 Å². The lowest BCUT2D eigenvalue weighted by Crippen LogP contribution is -1.95. The Labute approximate surface area is 125 Å². The summed E-state index contributed by atoms with van der Waals surface area (Å²) >= 11 is 0. The van der Waals surface area contributed by atoms with Gasteiger partial charge in [0, 0.05) is 5.56 Å². The molecule has 1 N–H and O–H groups in total. The standard InChI is InChI=1S/C16H11FN2O3/c1-9-2-7-12(13(17)8-9)15-18-14(19-22-15)10-3-5-11(6-4-10)16(20)21/h2-8H,1H3,(H,20,21). The van der Waals surface area contributed by atoms with Gasteiger partial charge in [0.25, 0.3) is 5.89 Å². The van der Waals surface area contributed by atoms with E-state index in [2.05, 4.69) is 10.1 Å². The topological polar surface area (TPSA) is 76.2 Å². The smallest absolute Gasteiger partial charge is 0.335 e. The molecular formula is C16H11FN2O3. The number of hydrogen-bond acceptors (Lipinski definition) is 4. The number of hydrogen-bond donors (Lipinski definition) is 1. The van der Waals surface area contributed by atoms with Crippen LogP contribution in [0.2, 0.25) is 0 Å². The summed E-state index contributed by atoms with van der Waals surface area (Å²) < 4.78 is 19.0. The van der Waals surface area contributed by atoms with E-state index in [-0.39, 0.29) is 22.8 Å². The molecule has 0 radical (unpaired) electrons. The number of nitrogens with zero attached hydrogens (tertiary/aromatic N) is 2. The van der Waals surface area contributed by atoms with Crippen molar-refractivity contribution in [1.29, 1.82) is 0 Å². The Morgan fingerprint density at radius 1 is 1.18 bits per heavy atom. The van der Waals surface area contributed by atoms with Crippen LogP contribution in [0.1, 0.15) is 15.9 Å². The van der Waals surface area contributed by atoms with Crippen molar-refractivity contribution < 1.29 is 18.8 Å². The van der Waals surface area contributed by atoms with Gasteiger partial charge in [-0.3, -0.25) is 0 Å². The van der Waals surface area contributed by atoms with E-state index < -0.39 is 11.8 Å². The van der Waals surface area contributed by atoms with E-state index in [9.17, 15) is 9.18 Å². The van der Waals surface area contributed by atoms with Crippen LogP contribution in [0.4, 0.5) is 4.39 Å². The van der Waals surface area contributed by atoms with Gasteiger partial charge in [-0.1, -0.05) is 23.4 Å². The normalized spacial score (nSPS) is 10.6. The zero-order valence-corrected chi connectivity index (χ0v) is 11.6. The summed E-state index contributed by atoms with van der Waals surface area (Å²) in [5.74, 6) is -1.10. The molecule has 0 saturated carbocycles. The summed E-state index contributed by atoms with van der Waals surface area (Å²) in [6.45, 7) is 1.79. The molecule has 3 rings (SSSR count). The van der Waals surface area contributed by atoms with Crippen molar-refractivity contribution in [2.45, 2.75) is 6.92 Å². The van der Waals surface area contributed by atoms with Crippen molar-refractivity contribution in [3.05, 3.63) is 59.4 Å². The summed E-state index contributed by atoms with van der Waals surface area (Å²) in [4.78, 5) is 15.0. The Hall–Kier alpha value is -3.02. The van der Waals surface area contributed by atoms with Crippen molar-refractivity contribution >= 4 is 5.97 Å². The third-order valence-corrected chi connectivity index (χ3v) is 3.17. The highest BCUT2D eigenvalue weighted by Gasteiger charge is 2.14. The number of benzene rings is 2. The van der Waals surface area contributed by atoms with Crippen molar-refractivity contribution in [1.82, 2.24) is 10.1 Å². The third kappa shape index (κ3) is 2.58. The molecule has 2 aromatic carbocycles. The van der Waals surface area contributed by atoms with Crippen LogP contribution >= 0.6 is 0 Å². The fraction of sp³-hybridized carbons (Fsp3) is 0.0625. The first-order chi connectivity index (χ1) is 10.5. The average molecular weight is 298 g/mol. The SMILES string of the molecule is Cc1ccc(-c2nc(-c3ccc(C(=O)O)cc3)no2)c(F)c1. The van der Waals surface area contributed by atoms with Crippen molar-refractivity contribution in [2.75, 3.05) is 0 Å². The molecule has 1 aromatic heterocycles. The van der Waals surface area contributed by atoms with Crippen molar-refractivity contribution in [3.8, 4) is 22.8 Å². The van der Waals surface area contributed by atoms with Crippen LogP contribution in [0, 0.1) is 12.7 Å². The molecule has 0 unspecified atom stereocenters. The lowest BCUT2D eigenvalue weighted by atomic mass is 10.1. The molecule has 0 aliphatic carbocycles. The van der Waals surface area contributed by atoms with Gasteiger partial charge in [-0.15, -0.1) is 0 Å². The summed E-state index contributed by atoms with van der Waals surface area (Å²) in [6, 6.07) is 10.8. The Kier molecular flexibility index (Phi) is 3.42. The van der Waals surface area contributed by atoms with Crippen molar-refractivity contribution in [3.63, 3.8) is 0 Å². The van der Waals surface area contributed by atoms with Gasteiger partial charge in [0.1, 0.15) is 5.82 Å². The largest absolute Gasteiger partial charge is 0.478 e. The van der Waals surface area contributed by atoms with E-state index >= 15 is 0 Å². The first-order valence-electron chi connectivity index (χ1n) is 6.48. The molecule has 0 saturated heterocycles. The quantitative estimate of drug-likeness (QED) is 0.800. The van der Waals surface area contributed by atoms with Gasteiger partial charge in [0.2, 0.25) is 5.82 Å². The molecule has 22 heavy (non-hydrogen) atoms. The Bertz CT molecular complexity index is 841. The van der Waals surface area contributed by atoms with E-state index in [4.69, 9.17) is 9.63 Å². The van der Waals surface area contributed by atoms with E-state index in [1.807, 2.05) is 0 Å². The number of aryl methyl sites for hydroxylation is 1. The molecule has 0 amide bonds. The van der Waals surface area contributed by atoms with Gasteiger partial charge < -0.3 is 9.63 Å². The second kappa shape index (κ2) is 5.40. The number of halogens is 1. The van der Waals surface area contributed by atoms with E-state index in [1.165, 1.54) is 18.2 Å². The van der Waals surface area contributed by atoms with Gasteiger partial charge in [-0.25, -0.2) is 9.18 Å². The number of aromatic nitrogens is 2. The highest BCUT2D eigenvalue weighted by Crippen LogP contribution is 2.25. The summed E-state index contributed by atoms with van der Waals surface area (Å²) in [6.07, 6.45) is 0. The first kappa shape index (κ1) is 13.9. The van der Waals surface area contributed by atoms with Crippen LogP contribution < -0.4 is 0 Å². The number of carboxylic acid groups (broad SMARTS) is 1. The van der Waals surface area contributed by atoms with Crippen molar-refractivity contribution in [2.24, 2.45) is 0 Å². The van der Waals surface area contributed by atoms with Crippen LogP contribution in [0.5, 0.6) is 0 Å². The minimum Gasteiger partial charge on any atom is -0.478 e. The molecular weight excluding hydrogens is 287 g/mol. The lowest BCUT2D eigenvalue weighted by molar-refractivity contribution is 0.0697. The molecule has 0 aliphatic rings. The van der Waals surface area contributed by atoms with E-state index in [0.717, 1.165) is 5.56 Å². The Morgan fingerprint density at radius 3 is 2.55 bits per heavy atom. The Balaban J connectivity index is 1.95. The van der Waals surface area contributed by atoms with Crippen LogP contribution in [0.25, 0.3) is 22.8 Å². The molecule has 0 spiro atoms. The monoisotopic (exact) mass is 298 g/mol. The number of rotatable bonds is 3. The fourth-order valence-electron chi connectivity index (χ4n) is 2.01. The zero-order chi connectivity index (χ0) is 15.7. The summed E-state index contributed by atoms with van der Waals surface area (Å²) in [5.41, 5.74) is 1.78. The van der Waals surface area contributed by atoms with E-state index in [1.54, 1.807) is 31.2 Å². The molecule has 0 bridgehead atoms. The van der Waals surface area contributed by atoms with Gasteiger partial charge in [0.15, 0.2) is 0 Å². The maximum atomic E-state index is 13.9. The van der Waals surface area contributed by atoms with Crippen LogP contribution in [0.3, 0.4) is 0 Å². The first-order valence-corrected chi connectivity index (χ1v) is 6.48. The maximum absolute atomic E-state index is 13.9. The molecule has 0 aliphatic heterocycles. The highest BCUT2D eigenvalue weighted by molar-refractivity contribution is 5.88.